The van der Waals surface area contributed by atoms with Gasteiger partial charge in [0.05, 0.1) is 12.1 Å². The normalized spacial score (nSPS) is 26.4. The van der Waals surface area contributed by atoms with Crippen molar-refractivity contribution in [3.63, 3.8) is 0 Å². The molecule has 1 saturated carbocycles. The molecule has 1 heterocycles. The average molecular weight is 269 g/mol. The van der Waals surface area contributed by atoms with Crippen LogP contribution >= 0.6 is 0 Å². The van der Waals surface area contributed by atoms with Gasteiger partial charge in [-0.05, 0) is 45.3 Å². The summed E-state index contributed by atoms with van der Waals surface area (Å²) in [6, 6.07) is 0.433. The van der Waals surface area contributed by atoms with Gasteiger partial charge < -0.3 is 20.2 Å². The fourth-order valence-corrected chi connectivity index (χ4v) is 3.39. The van der Waals surface area contributed by atoms with Gasteiger partial charge in [-0.3, -0.25) is 0 Å². The molecule has 0 aromatic carbocycles. The molecule has 1 aliphatic carbocycles. The van der Waals surface area contributed by atoms with Crippen molar-refractivity contribution >= 4 is 0 Å². The van der Waals surface area contributed by atoms with E-state index in [9.17, 15) is 5.11 Å². The second-order valence-corrected chi connectivity index (χ2v) is 6.82. The zero-order chi connectivity index (χ0) is 13.9. The number of hydrogen-bond acceptors (Lipinski definition) is 4. The largest absolute Gasteiger partial charge is 0.394 e. The van der Waals surface area contributed by atoms with Crippen molar-refractivity contribution in [2.24, 2.45) is 5.92 Å². The molecule has 0 radical (unpaired) electrons. The van der Waals surface area contributed by atoms with E-state index in [0.29, 0.717) is 12.0 Å². The summed E-state index contributed by atoms with van der Waals surface area (Å²) in [4.78, 5) is 4.96. The third-order valence-corrected chi connectivity index (χ3v) is 4.53. The van der Waals surface area contributed by atoms with Crippen LogP contribution in [0, 0.1) is 5.92 Å². The minimum absolute atomic E-state index is 0.0723. The molecule has 1 unspecified atom stereocenters. The monoisotopic (exact) mass is 269 g/mol. The fourth-order valence-electron chi connectivity index (χ4n) is 3.39. The van der Waals surface area contributed by atoms with Crippen LogP contribution in [-0.4, -0.2) is 72.9 Å². The lowest BCUT2D eigenvalue weighted by Crippen LogP contribution is -2.60. The van der Waals surface area contributed by atoms with Crippen LogP contribution in [0.5, 0.6) is 0 Å². The highest BCUT2D eigenvalue weighted by Gasteiger charge is 2.45. The third-order valence-electron chi connectivity index (χ3n) is 4.53. The summed E-state index contributed by atoms with van der Waals surface area (Å²) in [6.45, 7) is 10.3. The molecule has 0 bridgehead atoms. The molecule has 2 N–H and O–H groups in total. The lowest BCUT2D eigenvalue weighted by Gasteiger charge is -2.39. The Hall–Kier alpha value is -0.160. The number of likely N-dealkylation sites (N-methyl/N-ethyl adjacent to an activating group) is 1. The Bertz CT molecular complexity index is 281. The van der Waals surface area contributed by atoms with Crippen molar-refractivity contribution in [1.82, 2.24) is 15.1 Å². The van der Waals surface area contributed by atoms with E-state index in [1.165, 1.54) is 32.4 Å². The number of aliphatic hydroxyl groups excluding tert-OH is 1. The van der Waals surface area contributed by atoms with Crippen LogP contribution < -0.4 is 5.32 Å². The molecule has 19 heavy (non-hydrogen) atoms. The SMILES string of the molecule is CC(C)NC(CO)(CN1CCCN(C)CC1)C1CC1. The van der Waals surface area contributed by atoms with Crippen molar-refractivity contribution in [1.29, 1.82) is 0 Å². The Morgan fingerprint density at radius 1 is 1.21 bits per heavy atom. The van der Waals surface area contributed by atoms with E-state index in [2.05, 4.69) is 36.0 Å². The number of aliphatic hydroxyl groups is 1. The van der Waals surface area contributed by atoms with Gasteiger partial charge in [0.15, 0.2) is 0 Å². The second kappa shape index (κ2) is 6.53. The third kappa shape index (κ3) is 4.15. The molecule has 0 amide bonds. The van der Waals surface area contributed by atoms with Crippen LogP contribution in [0.4, 0.5) is 0 Å². The maximum atomic E-state index is 9.99. The van der Waals surface area contributed by atoms with E-state index >= 15 is 0 Å². The molecular weight excluding hydrogens is 238 g/mol. The highest BCUT2D eigenvalue weighted by molar-refractivity contribution is 5.03. The first-order chi connectivity index (χ1) is 9.05. The summed E-state index contributed by atoms with van der Waals surface area (Å²) >= 11 is 0. The van der Waals surface area contributed by atoms with E-state index in [-0.39, 0.29) is 12.1 Å². The molecule has 4 nitrogen and oxygen atoms in total. The molecule has 112 valence electrons. The average Bonchev–Trinajstić information content (AvgIpc) is 3.17. The summed E-state index contributed by atoms with van der Waals surface area (Å²) in [5.74, 6) is 0.667. The minimum atomic E-state index is -0.0723. The first kappa shape index (κ1) is 15.2. The summed E-state index contributed by atoms with van der Waals surface area (Å²) in [5.41, 5.74) is -0.0723. The van der Waals surface area contributed by atoms with Gasteiger partial charge in [0.1, 0.15) is 0 Å². The van der Waals surface area contributed by atoms with Gasteiger partial charge in [0.2, 0.25) is 0 Å². The topological polar surface area (TPSA) is 38.7 Å². The van der Waals surface area contributed by atoms with Gasteiger partial charge in [-0.1, -0.05) is 13.8 Å². The molecule has 1 saturated heterocycles. The smallest absolute Gasteiger partial charge is 0.0628 e. The lowest BCUT2D eigenvalue weighted by atomic mass is 9.92. The van der Waals surface area contributed by atoms with Crippen LogP contribution in [0.1, 0.15) is 33.1 Å². The van der Waals surface area contributed by atoms with E-state index in [0.717, 1.165) is 19.6 Å². The van der Waals surface area contributed by atoms with Crippen LogP contribution in [0.3, 0.4) is 0 Å². The van der Waals surface area contributed by atoms with Gasteiger partial charge in [-0.2, -0.15) is 0 Å². The molecule has 2 fully saturated rings. The quantitative estimate of drug-likeness (QED) is 0.747. The van der Waals surface area contributed by atoms with Crippen molar-refractivity contribution in [2.75, 3.05) is 46.4 Å². The first-order valence-corrected chi connectivity index (χ1v) is 7.85. The molecule has 0 spiro atoms. The summed E-state index contributed by atoms with van der Waals surface area (Å²) < 4.78 is 0. The number of nitrogens with one attached hydrogen (secondary N) is 1. The van der Waals surface area contributed by atoms with E-state index in [1.807, 2.05) is 0 Å². The first-order valence-electron chi connectivity index (χ1n) is 7.85. The Labute approximate surface area is 118 Å². The Kier molecular flexibility index (Phi) is 5.23. The molecule has 4 heteroatoms. The summed E-state index contributed by atoms with van der Waals surface area (Å²) in [6.07, 6.45) is 3.78. The van der Waals surface area contributed by atoms with E-state index < -0.39 is 0 Å². The molecule has 1 aliphatic heterocycles. The molecule has 0 aromatic rings. The second-order valence-electron chi connectivity index (χ2n) is 6.82. The van der Waals surface area contributed by atoms with Gasteiger partial charge in [-0.15, -0.1) is 0 Å². The summed E-state index contributed by atoms with van der Waals surface area (Å²) in [5, 5.41) is 13.7. The predicted octanol–water partition coefficient (Wildman–Crippen LogP) is 0.763. The maximum absolute atomic E-state index is 9.99. The minimum Gasteiger partial charge on any atom is -0.394 e. The zero-order valence-electron chi connectivity index (χ0n) is 12.9. The predicted molar refractivity (Wildman–Crippen MR) is 79.4 cm³/mol. The highest BCUT2D eigenvalue weighted by Crippen LogP contribution is 2.40. The molecule has 2 rings (SSSR count). The molecule has 0 aromatic heterocycles. The standard InChI is InChI=1S/C15H31N3O/c1-13(2)16-15(12-19,14-5-6-14)11-18-8-4-7-17(3)9-10-18/h13-14,16,19H,4-12H2,1-3H3. The molecule has 1 atom stereocenters. The number of rotatable bonds is 6. The van der Waals surface area contributed by atoms with Crippen molar-refractivity contribution in [3.05, 3.63) is 0 Å². The van der Waals surface area contributed by atoms with Crippen molar-refractivity contribution in [2.45, 2.75) is 44.7 Å². The van der Waals surface area contributed by atoms with Crippen LogP contribution in [0.25, 0.3) is 0 Å². The number of nitrogens with zero attached hydrogens (tertiary/aromatic N) is 2. The van der Waals surface area contributed by atoms with E-state index in [1.54, 1.807) is 0 Å². The van der Waals surface area contributed by atoms with Gasteiger partial charge >= 0.3 is 0 Å². The van der Waals surface area contributed by atoms with Gasteiger partial charge in [-0.25, -0.2) is 0 Å². The maximum Gasteiger partial charge on any atom is 0.0628 e. The lowest BCUT2D eigenvalue weighted by molar-refractivity contribution is 0.0850. The Balaban J connectivity index is 1.98. The van der Waals surface area contributed by atoms with Crippen LogP contribution in [0.2, 0.25) is 0 Å². The number of hydrogen-bond donors (Lipinski definition) is 2. The Morgan fingerprint density at radius 3 is 2.53 bits per heavy atom. The highest BCUT2D eigenvalue weighted by atomic mass is 16.3. The van der Waals surface area contributed by atoms with E-state index in [4.69, 9.17) is 0 Å². The Morgan fingerprint density at radius 2 is 1.95 bits per heavy atom. The molecular formula is C15H31N3O. The van der Waals surface area contributed by atoms with Crippen molar-refractivity contribution < 1.29 is 5.11 Å². The van der Waals surface area contributed by atoms with Gasteiger partial charge in [0.25, 0.3) is 0 Å². The molecule has 2 aliphatic rings. The van der Waals surface area contributed by atoms with Crippen LogP contribution in [-0.2, 0) is 0 Å². The van der Waals surface area contributed by atoms with Crippen molar-refractivity contribution in [3.8, 4) is 0 Å². The fraction of sp³-hybridized carbons (Fsp3) is 1.00. The summed E-state index contributed by atoms with van der Waals surface area (Å²) in [7, 11) is 2.20. The zero-order valence-corrected chi connectivity index (χ0v) is 12.9. The van der Waals surface area contributed by atoms with Crippen LogP contribution in [0.15, 0.2) is 0 Å². The van der Waals surface area contributed by atoms with Gasteiger partial charge in [0, 0.05) is 25.7 Å².